The van der Waals surface area contributed by atoms with E-state index in [2.05, 4.69) is 10.1 Å². The third-order valence-electron chi connectivity index (χ3n) is 3.03. The van der Waals surface area contributed by atoms with Gasteiger partial charge in [-0.1, -0.05) is 30.3 Å². The number of aliphatic hydroxyl groups excluding tert-OH is 1. The highest BCUT2D eigenvalue weighted by Gasteiger charge is 2.28. The van der Waals surface area contributed by atoms with Crippen LogP contribution in [-0.4, -0.2) is 26.5 Å². The third-order valence-corrected chi connectivity index (χ3v) is 3.03. The van der Waals surface area contributed by atoms with Gasteiger partial charge in [-0.15, -0.1) is 0 Å². The lowest BCUT2D eigenvalue weighted by molar-refractivity contribution is 0.173. The van der Waals surface area contributed by atoms with Gasteiger partial charge in [0.05, 0.1) is 18.7 Å². The second-order valence-electron chi connectivity index (χ2n) is 4.54. The first-order chi connectivity index (χ1) is 8.55. The smallest absolute Gasteiger partial charge is 0.147 e. The molecule has 0 aliphatic heterocycles. The van der Waals surface area contributed by atoms with Crippen molar-refractivity contribution in [1.29, 1.82) is 0 Å². The first-order valence-corrected chi connectivity index (χ1v) is 5.88. The summed E-state index contributed by atoms with van der Waals surface area (Å²) in [5, 5.41) is 13.9. The van der Waals surface area contributed by atoms with Gasteiger partial charge in [-0.25, -0.2) is 9.67 Å². The van der Waals surface area contributed by atoms with Gasteiger partial charge in [0.1, 0.15) is 11.6 Å². The van der Waals surface area contributed by atoms with Gasteiger partial charge >= 0.3 is 0 Å². The van der Waals surface area contributed by atoms with Gasteiger partial charge in [0.25, 0.3) is 0 Å². The summed E-state index contributed by atoms with van der Waals surface area (Å²) in [5.41, 5.74) is 6.34. The van der Waals surface area contributed by atoms with Crippen molar-refractivity contribution in [1.82, 2.24) is 14.8 Å². The van der Waals surface area contributed by atoms with Gasteiger partial charge in [-0.3, -0.25) is 0 Å². The highest BCUT2D eigenvalue weighted by atomic mass is 16.3. The number of rotatable bonds is 4. The molecule has 2 rings (SSSR count). The summed E-state index contributed by atoms with van der Waals surface area (Å²) in [6.45, 7) is 3.97. The predicted molar refractivity (Wildman–Crippen MR) is 68.9 cm³/mol. The van der Waals surface area contributed by atoms with E-state index in [1.807, 2.05) is 44.2 Å². The molecule has 2 aromatic rings. The molecule has 1 unspecified atom stereocenters. The van der Waals surface area contributed by atoms with Gasteiger partial charge < -0.3 is 10.8 Å². The van der Waals surface area contributed by atoms with Crippen LogP contribution in [0.15, 0.2) is 30.3 Å². The Bertz CT molecular complexity index is 523. The maximum atomic E-state index is 9.61. The molecule has 0 saturated carbocycles. The zero-order chi connectivity index (χ0) is 13.2. The fourth-order valence-corrected chi connectivity index (χ4v) is 1.98. The summed E-state index contributed by atoms with van der Waals surface area (Å²) < 4.78 is 1.73. The summed E-state index contributed by atoms with van der Waals surface area (Å²) in [6.07, 6.45) is 0. The molecule has 3 N–H and O–H groups in total. The van der Waals surface area contributed by atoms with Crippen LogP contribution in [0.25, 0.3) is 0 Å². The summed E-state index contributed by atoms with van der Waals surface area (Å²) in [4.78, 5) is 4.24. The zero-order valence-corrected chi connectivity index (χ0v) is 10.7. The van der Waals surface area contributed by atoms with Crippen LogP contribution in [0.1, 0.15) is 17.2 Å². The molecule has 1 heterocycles. The normalized spacial score (nSPS) is 14.4. The van der Waals surface area contributed by atoms with E-state index < -0.39 is 5.54 Å². The maximum absolute atomic E-state index is 9.61. The first-order valence-electron chi connectivity index (χ1n) is 5.88. The number of nitrogens with zero attached hydrogens (tertiary/aromatic N) is 3. The van der Waals surface area contributed by atoms with E-state index in [-0.39, 0.29) is 6.61 Å². The number of aliphatic hydroxyl groups is 1. The van der Waals surface area contributed by atoms with Crippen molar-refractivity contribution in [2.75, 3.05) is 6.61 Å². The van der Waals surface area contributed by atoms with Crippen molar-refractivity contribution < 1.29 is 5.11 Å². The van der Waals surface area contributed by atoms with Crippen LogP contribution in [-0.2, 0) is 12.1 Å². The Hall–Kier alpha value is -1.72. The molecule has 0 fully saturated rings. The summed E-state index contributed by atoms with van der Waals surface area (Å²) in [7, 11) is 0. The zero-order valence-electron chi connectivity index (χ0n) is 10.7. The average molecular weight is 246 g/mol. The molecule has 96 valence electrons. The Morgan fingerprint density at radius 1 is 1.28 bits per heavy atom. The monoisotopic (exact) mass is 246 g/mol. The van der Waals surface area contributed by atoms with Gasteiger partial charge in [0.15, 0.2) is 0 Å². The highest BCUT2D eigenvalue weighted by Crippen LogP contribution is 2.20. The van der Waals surface area contributed by atoms with Crippen LogP contribution >= 0.6 is 0 Å². The fraction of sp³-hybridized carbons (Fsp3) is 0.385. The maximum Gasteiger partial charge on any atom is 0.147 e. The van der Waals surface area contributed by atoms with Crippen LogP contribution in [0, 0.1) is 13.8 Å². The molecule has 5 nitrogen and oxygen atoms in total. The van der Waals surface area contributed by atoms with Gasteiger partial charge in [0.2, 0.25) is 0 Å². The Morgan fingerprint density at radius 3 is 2.44 bits per heavy atom. The largest absolute Gasteiger partial charge is 0.394 e. The molecule has 0 spiro atoms. The second-order valence-corrected chi connectivity index (χ2v) is 4.54. The van der Waals surface area contributed by atoms with Gasteiger partial charge in [0, 0.05) is 0 Å². The molecule has 0 bridgehead atoms. The van der Waals surface area contributed by atoms with Crippen molar-refractivity contribution in [2.24, 2.45) is 5.73 Å². The topological polar surface area (TPSA) is 77.0 Å². The molecule has 0 aliphatic carbocycles. The van der Waals surface area contributed by atoms with Crippen LogP contribution < -0.4 is 5.73 Å². The minimum absolute atomic E-state index is 0.143. The molecular formula is C13H18N4O. The minimum atomic E-state index is -0.841. The summed E-state index contributed by atoms with van der Waals surface area (Å²) >= 11 is 0. The summed E-state index contributed by atoms with van der Waals surface area (Å²) in [6, 6.07) is 9.56. The van der Waals surface area contributed by atoms with E-state index in [1.165, 1.54) is 0 Å². The Kier molecular flexibility index (Phi) is 3.45. The van der Waals surface area contributed by atoms with E-state index in [1.54, 1.807) is 4.68 Å². The van der Waals surface area contributed by atoms with E-state index in [0.717, 1.165) is 11.4 Å². The molecule has 0 saturated heterocycles. The quantitative estimate of drug-likeness (QED) is 0.834. The van der Waals surface area contributed by atoms with Crippen molar-refractivity contribution in [3.8, 4) is 0 Å². The number of hydrogen-bond donors (Lipinski definition) is 2. The fourth-order valence-electron chi connectivity index (χ4n) is 1.98. The van der Waals surface area contributed by atoms with E-state index in [9.17, 15) is 5.11 Å². The minimum Gasteiger partial charge on any atom is -0.394 e. The molecule has 18 heavy (non-hydrogen) atoms. The Labute approximate surface area is 106 Å². The van der Waals surface area contributed by atoms with Crippen LogP contribution in [0.4, 0.5) is 0 Å². The molecular weight excluding hydrogens is 228 g/mol. The predicted octanol–water partition coefficient (Wildman–Crippen LogP) is 0.741. The van der Waals surface area contributed by atoms with Crippen LogP contribution in [0.2, 0.25) is 0 Å². The molecule has 5 heteroatoms. The first kappa shape index (κ1) is 12.7. The molecule has 1 aromatic carbocycles. The number of benzene rings is 1. The lowest BCUT2D eigenvalue weighted by Crippen LogP contribution is -2.45. The van der Waals surface area contributed by atoms with Crippen LogP contribution in [0.3, 0.4) is 0 Å². The average Bonchev–Trinajstić information content (AvgIpc) is 2.68. The highest BCUT2D eigenvalue weighted by molar-refractivity contribution is 5.24. The second kappa shape index (κ2) is 4.88. The van der Waals surface area contributed by atoms with Gasteiger partial charge in [-0.05, 0) is 19.4 Å². The standard InChI is InChI=1S/C13H18N4O/c1-10-15-11(2)17(16-10)8-13(14,9-18)12-6-4-3-5-7-12/h3-7,18H,8-9,14H2,1-2H3. The Morgan fingerprint density at radius 2 is 1.94 bits per heavy atom. The molecule has 0 amide bonds. The van der Waals surface area contributed by atoms with Gasteiger partial charge in [-0.2, -0.15) is 5.10 Å². The van der Waals surface area contributed by atoms with E-state index in [0.29, 0.717) is 12.4 Å². The lowest BCUT2D eigenvalue weighted by atomic mass is 9.92. The Balaban J connectivity index is 2.32. The number of nitrogens with two attached hydrogens (primary N) is 1. The molecule has 1 atom stereocenters. The third kappa shape index (κ3) is 2.42. The molecule has 1 aromatic heterocycles. The number of hydrogen-bond acceptors (Lipinski definition) is 4. The SMILES string of the molecule is Cc1nc(C)n(CC(N)(CO)c2ccccc2)n1. The molecule has 0 aliphatic rings. The van der Waals surface area contributed by atoms with Crippen molar-refractivity contribution >= 4 is 0 Å². The van der Waals surface area contributed by atoms with Crippen molar-refractivity contribution in [3.05, 3.63) is 47.5 Å². The number of aromatic nitrogens is 3. The van der Waals surface area contributed by atoms with E-state index in [4.69, 9.17) is 5.73 Å². The summed E-state index contributed by atoms with van der Waals surface area (Å²) in [5.74, 6) is 1.51. The number of aryl methyl sites for hydroxylation is 2. The van der Waals surface area contributed by atoms with Crippen molar-refractivity contribution in [3.63, 3.8) is 0 Å². The molecule has 0 radical (unpaired) electrons. The van der Waals surface area contributed by atoms with E-state index >= 15 is 0 Å². The van der Waals surface area contributed by atoms with Crippen LogP contribution in [0.5, 0.6) is 0 Å². The van der Waals surface area contributed by atoms with Crippen molar-refractivity contribution in [2.45, 2.75) is 25.9 Å². The lowest BCUT2D eigenvalue weighted by Gasteiger charge is -2.28.